The third kappa shape index (κ3) is 7.08. The van der Waals surface area contributed by atoms with E-state index < -0.39 is 0 Å². The van der Waals surface area contributed by atoms with E-state index in [-0.39, 0.29) is 24.1 Å². The van der Waals surface area contributed by atoms with Gasteiger partial charge in [-0.1, -0.05) is 35.9 Å². The normalized spacial score (nSPS) is 13.0. The summed E-state index contributed by atoms with van der Waals surface area (Å²) in [5.41, 5.74) is 7.36. The van der Waals surface area contributed by atoms with Gasteiger partial charge in [0, 0.05) is 69.9 Å². The molecule has 0 atom stereocenters. The first-order valence-corrected chi connectivity index (χ1v) is 15.1. The Bertz CT molecular complexity index is 1720. The van der Waals surface area contributed by atoms with E-state index in [1.807, 2.05) is 55.9 Å². The van der Waals surface area contributed by atoms with Crippen LogP contribution in [0.5, 0.6) is 0 Å². The van der Waals surface area contributed by atoms with Crippen molar-refractivity contribution in [1.29, 1.82) is 0 Å². The maximum absolute atomic E-state index is 13.3. The second-order valence-electron chi connectivity index (χ2n) is 11.1. The van der Waals surface area contributed by atoms with Crippen LogP contribution >= 0.6 is 11.6 Å². The number of ether oxygens (including phenoxy) is 1. The standard InChI is InChI=1S/C33H38ClN7O4/c1-20-23(7-5-9-25(20)38-32(43)27-15-21(19-45-4)22(17-36-27)16-35-12-14-42)24-8-6-10-26(30(24)34)39-33(44)31-37-28-18-40(2)13-11-29(28)41(31)3/h5-10,15,17,35,42H,11-14,16,18-19H2,1-4H3,(H,38,43)(H,39,44). The largest absolute Gasteiger partial charge is 0.395 e. The molecule has 1 aliphatic heterocycles. The zero-order chi connectivity index (χ0) is 32.1. The van der Waals surface area contributed by atoms with Crippen molar-refractivity contribution >= 4 is 34.8 Å². The SMILES string of the molecule is COCc1cc(C(=O)Nc2cccc(-c3cccc(NC(=O)c4nc5c(n4C)CCN(C)C5)c3Cl)c2C)ncc1CNCCO. The number of hydrogen-bond donors (Lipinski definition) is 4. The smallest absolute Gasteiger partial charge is 0.291 e. The molecule has 236 valence electrons. The van der Waals surface area contributed by atoms with Crippen molar-refractivity contribution < 1.29 is 19.4 Å². The molecule has 45 heavy (non-hydrogen) atoms. The summed E-state index contributed by atoms with van der Waals surface area (Å²) in [6.07, 6.45) is 2.48. The molecule has 12 heteroatoms. The van der Waals surface area contributed by atoms with E-state index in [0.717, 1.165) is 46.6 Å². The molecule has 0 aliphatic carbocycles. The summed E-state index contributed by atoms with van der Waals surface area (Å²) in [6, 6.07) is 12.8. The highest BCUT2D eigenvalue weighted by molar-refractivity contribution is 6.36. The predicted octanol–water partition coefficient (Wildman–Crippen LogP) is 4.16. The van der Waals surface area contributed by atoms with Gasteiger partial charge in [0.15, 0.2) is 5.82 Å². The van der Waals surface area contributed by atoms with Gasteiger partial charge in [-0.2, -0.15) is 0 Å². The number of aliphatic hydroxyl groups is 1. The van der Waals surface area contributed by atoms with Crippen molar-refractivity contribution in [1.82, 2.24) is 24.8 Å². The van der Waals surface area contributed by atoms with Crippen LogP contribution in [-0.4, -0.2) is 70.2 Å². The minimum Gasteiger partial charge on any atom is -0.395 e. The minimum absolute atomic E-state index is 0.0286. The highest BCUT2D eigenvalue weighted by Crippen LogP contribution is 2.37. The van der Waals surface area contributed by atoms with Crippen LogP contribution in [0.25, 0.3) is 11.1 Å². The number of likely N-dealkylation sites (N-methyl/N-ethyl adjacent to an activating group) is 1. The van der Waals surface area contributed by atoms with Crippen LogP contribution in [0.2, 0.25) is 5.02 Å². The molecule has 3 heterocycles. The quantitative estimate of drug-likeness (QED) is 0.181. The lowest BCUT2D eigenvalue weighted by molar-refractivity contribution is 0.100. The second kappa shape index (κ2) is 14.3. The van der Waals surface area contributed by atoms with Gasteiger partial charge in [0.1, 0.15) is 5.69 Å². The van der Waals surface area contributed by atoms with Gasteiger partial charge in [-0.05, 0) is 54.4 Å². The Balaban J connectivity index is 1.36. The average Bonchev–Trinajstić information content (AvgIpc) is 3.35. The lowest BCUT2D eigenvalue weighted by Gasteiger charge is -2.21. The number of carbonyl (C=O) groups is 2. The second-order valence-corrected chi connectivity index (χ2v) is 11.5. The summed E-state index contributed by atoms with van der Waals surface area (Å²) >= 11 is 6.89. The molecule has 0 bridgehead atoms. The predicted molar refractivity (Wildman–Crippen MR) is 175 cm³/mol. The highest BCUT2D eigenvalue weighted by Gasteiger charge is 2.25. The first kappa shape index (κ1) is 32.3. The van der Waals surface area contributed by atoms with Crippen molar-refractivity contribution in [2.75, 3.05) is 44.5 Å². The lowest BCUT2D eigenvalue weighted by Crippen LogP contribution is -2.27. The molecular formula is C33H38ClN7O4. The number of aliphatic hydroxyl groups excluding tert-OH is 1. The molecule has 0 spiro atoms. The first-order chi connectivity index (χ1) is 21.7. The van der Waals surface area contributed by atoms with Crippen molar-refractivity contribution in [2.24, 2.45) is 7.05 Å². The number of halogens is 1. The van der Waals surface area contributed by atoms with E-state index >= 15 is 0 Å². The summed E-state index contributed by atoms with van der Waals surface area (Å²) in [5, 5.41) is 18.5. The van der Waals surface area contributed by atoms with E-state index in [9.17, 15) is 9.59 Å². The van der Waals surface area contributed by atoms with Crippen molar-refractivity contribution in [3.05, 3.63) is 93.3 Å². The third-order valence-corrected chi connectivity index (χ3v) is 8.40. The number of imidazole rings is 1. The molecule has 0 fully saturated rings. The van der Waals surface area contributed by atoms with Crippen molar-refractivity contribution in [3.63, 3.8) is 0 Å². The van der Waals surface area contributed by atoms with Crippen LogP contribution < -0.4 is 16.0 Å². The van der Waals surface area contributed by atoms with Crippen LogP contribution in [0, 0.1) is 6.92 Å². The van der Waals surface area contributed by atoms with Gasteiger partial charge >= 0.3 is 0 Å². The van der Waals surface area contributed by atoms with Gasteiger partial charge in [0.25, 0.3) is 11.8 Å². The fourth-order valence-electron chi connectivity index (χ4n) is 5.53. The Morgan fingerprint density at radius 3 is 2.53 bits per heavy atom. The van der Waals surface area contributed by atoms with Crippen LogP contribution in [0.15, 0.2) is 48.7 Å². The van der Waals surface area contributed by atoms with Gasteiger partial charge < -0.3 is 35.3 Å². The molecule has 11 nitrogen and oxygen atoms in total. The van der Waals surface area contributed by atoms with Gasteiger partial charge in [0.05, 0.1) is 29.6 Å². The number of anilines is 2. The zero-order valence-corrected chi connectivity index (χ0v) is 26.7. The minimum atomic E-state index is -0.362. The molecule has 0 unspecified atom stereocenters. The molecule has 0 saturated carbocycles. The van der Waals surface area contributed by atoms with Crippen LogP contribution in [0.4, 0.5) is 11.4 Å². The Morgan fingerprint density at radius 2 is 1.78 bits per heavy atom. The molecule has 2 aromatic carbocycles. The van der Waals surface area contributed by atoms with E-state index in [4.69, 9.17) is 21.4 Å². The lowest BCUT2D eigenvalue weighted by atomic mass is 9.98. The average molecular weight is 632 g/mol. The molecule has 4 aromatic rings. The number of rotatable bonds is 11. The summed E-state index contributed by atoms with van der Waals surface area (Å²) in [4.78, 5) is 37.8. The van der Waals surface area contributed by atoms with Crippen molar-refractivity contribution in [2.45, 2.75) is 33.0 Å². The van der Waals surface area contributed by atoms with Crippen LogP contribution in [0.3, 0.4) is 0 Å². The van der Waals surface area contributed by atoms with Crippen molar-refractivity contribution in [3.8, 4) is 11.1 Å². The monoisotopic (exact) mass is 631 g/mol. The molecule has 5 rings (SSSR count). The summed E-state index contributed by atoms with van der Waals surface area (Å²) in [6.45, 7) is 4.82. The van der Waals surface area contributed by atoms with E-state index in [1.165, 1.54) is 0 Å². The van der Waals surface area contributed by atoms with E-state index in [0.29, 0.717) is 54.0 Å². The van der Waals surface area contributed by atoms with Gasteiger partial charge in [-0.3, -0.25) is 14.6 Å². The number of carbonyl (C=O) groups excluding carboxylic acids is 2. The molecule has 2 amide bonds. The third-order valence-electron chi connectivity index (χ3n) is 7.99. The molecule has 1 aliphatic rings. The van der Waals surface area contributed by atoms with Gasteiger partial charge in [0.2, 0.25) is 0 Å². The fourth-order valence-corrected chi connectivity index (χ4v) is 5.80. The molecule has 4 N–H and O–H groups in total. The zero-order valence-electron chi connectivity index (χ0n) is 25.9. The summed E-state index contributed by atoms with van der Waals surface area (Å²) in [5.74, 6) is -0.352. The highest BCUT2D eigenvalue weighted by atomic mass is 35.5. The maximum atomic E-state index is 13.3. The number of fused-ring (bicyclic) bond motifs is 1. The Hall–Kier alpha value is -4.13. The summed E-state index contributed by atoms with van der Waals surface area (Å²) in [7, 11) is 5.50. The Kier molecular flexibility index (Phi) is 10.3. The number of nitrogens with zero attached hydrogens (tertiary/aromatic N) is 4. The Labute approximate surface area is 267 Å². The molecule has 0 saturated heterocycles. The number of nitrogens with one attached hydrogen (secondary N) is 3. The topological polar surface area (TPSA) is 134 Å². The molecule has 0 radical (unpaired) electrons. The fraction of sp³-hybridized carbons (Fsp3) is 0.333. The van der Waals surface area contributed by atoms with Crippen LogP contribution in [-0.2, 0) is 37.9 Å². The number of amides is 2. The summed E-state index contributed by atoms with van der Waals surface area (Å²) < 4.78 is 7.19. The number of aromatic nitrogens is 3. The van der Waals surface area contributed by atoms with Crippen LogP contribution in [0.1, 0.15) is 49.2 Å². The Morgan fingerprint density at radius 1 is 1.04 bits per heavy atom. The van der Waals surface area contributed by atoms with Gasteiger partial charge in [-0.15, -0.1) is 0 Å². The number of hydrogen-bond acceptors (Lipinski definition) is 8. The number of pyridine rings is 1. The van der Waals surface area contributed by atoms with Gasteiger partial charge in [-0.25, -0.2) is 4.98 Å². The molecule has 2 aromatic heterocycles. The number of methoxy groups -OCH3 is 1. The van der Waals surface area contributed by atoms with E-state index in [2.05, 4.69) is 30.8 Å². The number of benzene rings is 2. The maximum Gasteiger partial charge on any atom is 0.291 e. The van der Waals surface area contributed by atoms with E-state index in [1.54, 1.807) is 25.4 Å². The first-order valence-electron chi connectivity index (χ1n) is 14.7. The molecular weight excluding hydrogens is 594 g/mol.